The second kappa shape index (κ2) is 6.48. The van der Waals surface area contributed by atoms with Gasteiger partial charge in [0.1, 0.15) is 0 Å². The number of anilines is 1. The molecule has 0 aliphatic carbocycles. The van der Waals surface area contributed by atoms with Crippen molar-refractivity contribution in [1.82, 2.24) is 15.2 Å². The number of aryl methyl sites for hydroxylation is 1. The second-order valence-corrected chi connectivity index (χ2v) is 5.46. The summed E-state index contributed by atoms with van der Waals surface area (Å²) < 4.78 is 5.57. The molecule has 0 aromatic carbocycles. The molecular weight excluding hydrogens is 300 g/mol. The number of aromatic nitrogens is 3. The van der Waals surface area contributed by atoms with Gasteiger partial charge in [0.05, 0.1) is 11.9 Å². The highest BCUT2D eigenvalue weighted by Gasteiger charge is 2.14. The van der Waals surface area contributed by atoms with E-state index in [9.17, 15) is 4.79 Å². The average Bonchev–Trinajstić information content (AvgIpc) is 3.23. The summed E-state index contributed by atoms with van der Waals surface area (Å²) in [7, 11) is 1.73. The number of rotatable bonds is 5. The lowest BCUT2D eigenvalue weighted by Crippen LogP contribution is -2.26. The van der Waals surface area contributed by atoms with Gasteiger partial charge in [-0.25, -0.2) is 0 Å². The van der Waals surface area contributed by atoms with Crippen LogP contribution in [0.25, 0.3) is 11.5 Å². The van der Waals surface area contributed by atoms with Crippen LogP contribution in [0.2, 0.25) is 0 Å². The van der Waals surface area contributed by atoms with Crippen LogP contribution < -0.4 is 4.90 Å². The molecule has 7 heteroatoms. The molecule has 0 aliphatic heterocycles. The number of carbonyl (C=O) groups is 1. The van der Waals surface area contributed by atoms with Gasteiger partial charge >= 0.3 is 0 Å². The lowest BCUT2D eigenvalue weighted by atomic mass is 10.2. The minimum Gasteiger partial charge on any atom is -0.421 e. The fourth-order valence-electron chi connectivity index (χ4n) is 1.94. The smallest absolute Gasteiger partial charge is 0.248 e. The summed E-state index contributed by atoms with van der Waals surface area (Å²) in [6.45, 7) is 0. The highest BCUT2D eigenvalue weighted by Crippen LogP contribution is 2.21. The Balaban J connectivity index is 1.59. The SMILES string of the molecule is CN(C(=O)CCc1nnc(-c2ccsc2)o1)c1cccnc1. The minimum absolute atomic E-state index is 0.0247. The summed E-state index contributed by atoms with van der Waals surface area (Å²) in [5.41, 5.74) is 1.67. The Morgan fingerprint density at radius 2 is 2.27 bits per heavy atom. The van der Waals surface area contributed by atoms with Crippen LogP contribution in [0.15, 0.2) is 45.8 Å². The summed E-state index contributed by atoms with van der Waals surface area (Å²) >= 11 is 1.57. The van der Waals surface area contributed by atoms with Crippen molar-refractivity contribution >= 4 is 22.9 Å². The zero-order chi connectivity index (χ0) is 15.4. The zero-order valence-corrected chi connectivity index (χ0v) is 12.8. The topological polar surface area (TPSA) is 72.1 Å². The lowest BCUT2D eigenvalue weighted by molar-refractivity contribution is -0.118. The quantitative estimate of drug-likeness (QED) is 0.724. The van der Waals surface area contributed by atoms with E-state index in [1.165, 1.54) is 0 Å². The molecule has 0 N–H and O–H groups in total. The molecule has 0 radical (unpaired) electrons. The maximum absolute atomic E-state index is 12.2. The van der Waals surface area contributed by atoms with Gasteiger partial charge in [0.2, 0.25) is 17.7 Å². The molecule has 0 aliphatic rings. The maximum atomic E-state index is 12.2. The molecule has 3 rings (SSSR count). The van der Waals surface area contributed by atoms with Gasteiger partial charge in [-0.2, -0.15) is 11.3 Å². The van der Waals surface area contributed by atoms with E-state index in [0.717, 1.165) is 11.3 Å². The Morgan fingerprint density at radius 1 is 1.36 bits per heavy atom. The van der Waals surface area contributed by atoms with Crippen LogP contribution in [0.1, 0.15) is 12.3 Å². The number of nitrogens with zero attached hydrogens (tertiary/aromatic N) is 4. The first kappa shape index (κ1) is 14.4. The summed E-state index contributed by atoms with van der Waals surface area (Å²) in [6, 6.07) is 5.56. The van der Waals surface area contributed by atoms with Crippen LogP contribution in [0.5, 0.6) is 0 Å². The number of amides is 1. The van der Waals surface area contributed by atoms with E-state index in [2.05, 4.69) is 15.2 Å². The predicted octanol–water partition coefficient (Wildman–Crippen LogP) is 2.79. The van der Waals surface area contributed by atoms with Gasteiger partial charge in [-0.05, 0) is 23.6 Å². The molecule has 0 unspecified atom stereocenters. The Kier molecular flexibility index (Phi) is 4.24. The van der Waals surface area contributed by atoms with Gasteiger partial charge in [-0.15, -0.1) is 10.2 Å². The molecule has 3 aromatic rings. The van der Waals surface area contributed by atoms with Crippen molar-refractivity contribution in [2.24, 2.45) is 0 Å². The molecule has 6 nitrogen and oxygen atoms in total. The lowest BCUT2D eigenvalue weighted by Gasteiger charge is -2.16. The van der Waals surface area contributed by atoms with Crippen LogP contribution in [-0.2, 0) is 11.2 Å². The predicted molar refractivity (Wildman–Crippen MR) is 83.6 cm³/mol. The molecule has 0 bridgehead atoms. The molecular formula is C15H14N4O2S. The number of hydrogen-bond acceptors (Lipinski definition) is 6. The fourth-order valence-corrected chi connectivity index (χ4v) is 2.56. The molecule has 0 spiro atoms. The van der Waals surface area contributed by atoms with E-state index in [-0.39, 0.29) is 5.91 Å². The molecule has 0 saturated heterocycles. The summed E-state index contributed by atoms with van der Waals surface area (Å²) in [4.78, 5) is 17.7. The van der Waals surface area contributed by atoms with Crippen molar-refractivity contribution in [1.29, 1.82) is 0 Å². The van der Waals surface area contributed by atoms with Crippen LogP contribution >= 0.6 is 11.3 Å². The largest absolute Gasteiger partial charge is 0.421 e. The van der Waals surface area contributed by atoms with Crippen LogP contribution in [-0.4, -0.2) is 28.1 Å². The first-order valence-corrected chi connectivity index (χ1v) is 7.70. The first-order chi connectivity index (χ1) is 10.7. The minimum atomic E-state index is -0.0247. The number of carbonyl (C=O) groups excluding carboxylic acids is 1. The summed E-state index contributed by atoms with van der Waals surface area (Å²) in [5, 5.41) is 11.9. The van der Waals surface area contributed by atoms with Crippen LogP contribution in [0.4, 0.5) is 5.69 Å². The zero-order valence-electron chi connectivity index (χ0n) is 12.0. The van der Waals surface area contributed by atoms with E-state index >= 15 is 0 Å². The number of thiophene rings is 1. The van der Waals surface area contributed by atoms with Crippen molar-refractivity contribution in [3.63, 3.8) is 0 Å². The first-order valence-electron chi connectivity index (χ1n) is 6.75. The molecule has 3 heterocycles. The van der Waals surface area contributed by atoms with E-state index in [1.54, 1.807) is 41.7 Å². The third kappa shape index (κ3) is 3.20. The van der Waals surface area contributed by atoms with Crippen molar-refractivity contribution in [3.8, 4) is 11.5 Å². The second-order valence-electron chi connectivity index (χ2n) is 4.68. The molecule has 22 heavy (non-hydrogen) atoms. The Hall–Kier alpha value is -2.54. The van der Waals surface area contributed by atoms with Crippen molar-refractivity contribution in [2.45, 2.75) is 12.8 Å². The Labute approximate surface area is 131 Å². The van der Waals surface area contributed by atoms with Crippen LogP contribution in [0.3, 0.4) is 0 Å². The Bertz CT molecular complexity index is 740. The molecule has 1 amide bonds. The fraction of sp³-hybridized carbons (Fsp3) is 0.200. The number of pyridine rings is 1. The van der Waals surface area contributed by atoms with Crippen molar-refractivity contribution in [2.75, 3.05) is 11.9 Å². The van der Waals surface area contributed by atoms with E-state index in [1.807, 2.05) is 22.9 Å². The highest BCUT2D eigenvalue weighted by atomic mass is 32.1. The average molecular weight is 314 g/mol. The molecule has 3 aromatic heterocycles. The standard InChI is InChI=1S/C15H14N4O2S/c1-19(12-3-2-7-16-9-12)14(20)5-4-13-17-18-15(21-13)11-6-8-22-10-11/h2-3,6-10H,4-5H2,1H3. The monoisotopic (exact) mass is 314 g/mol. The summed E-state index contributed by atoms with van der Waals surface area (Å²) in [5.74, 6) is 0.932. The third-order valence-electron chi connectivity index (χ3n) is 3.20. The normalized spacial score (nSPS) is 10.6. The number of hydrogen-bond donors (Lipinski definition) is 0. The van der Waals surface area contributed by atoms with Gasteiger partial charge in [-0.1, -0.05) is 0 Å². The van der Waals surface area contributed by atoms with Gasteiger partial charge in [-0.3, -0.25) is 9.78 Å². The highest BCUT2D eigenvalue weighted by molar-refractivity contribution is 7.08. The van der Waals surface area contributed by atoms with E-state index < -0.39 is 0 Å². The van der Waals surface area contributed by atoms with E-state index in [4.69, 9.17) is 4.42 Å². The van der Waals surface area contributed by atoms with E-state index in [0.29, 0.717) is 24.6 Å². The third-order valence-corrected chi connectivity index (χ3v) is 3.88. The van der Waals surface area contributed by atoms with Crippen LogP contribution in [0, 0.1) is 0 Å². The van der Waals surface area contributed by atoms with Gasteiger partial charge in [0, 0.05) is 37.0 Å². The van der Waals surface area contributed by atoms with Gasteiger partial charge < -0.3 is 9.32 Å². The van der Waals surface area contributed by atoms with Crippen molar-refractivity contribution in [3.05, 3.63) is 47.2 Å². The molecule has 0 saturated carbocycles. The van der Waals surface area contributed by atoms with Gasteiger partial charge in [0.25, 0.3) is 0 Å². The summed E-state index contributed by atoms with van der Waals surface area (Å²) in [6.07, 6.45) is 4.04. The van der Waals surface area contributed by atoms with Crippen molar-refractivity contribution < 1.29 is 9.21 Å². The molecule has 0 atom stereocenters. The molecule has 112 valence electrons. The molecule has 0 fully saturated rings. The van der Waals surface area contributed by atoms with Gasteiger partial charge in [0.15, 0.2) is 0 Å². The Morgan fingerprint density at radius 3 is 3.00 bits per heavy atom. The maximum Gasteiger partial charge on any atom is 0.248 e.